The van der Waals surface area contributed by atoms with E-state index in [0.29, 0.717) is 35.7 Å². The Labute approximate surface area is 133 Å². The van der Waals surface area contributed by atoms with Gasteiger partial charge in [-0.15, -0.1) is 0 Å². The zero-order valence-electron chi connectivity index (χ0n) is 12.9. The standard InChI is InChI=1S/C15H20BrNO4/c1-8(2)10-7-21-15(17-10)9-6-11(18-3)13(19-4)14(20-5)12(9)16/h6,8,10H,7H2,1-5H3/t10-/m1/s1. The number of aliphatic imine (C=N–C) groups is 1. The molecule has 21 heavy (non-hydrogen) atoms. The van der Waals surface area contributed by atoms with E-state index in [9.17, 15) is 0 Å². The van der Waals surface area contributed by atoms with Crippen LogP contribution in [0.15, 0.2) is 15.5 Å². The van der Waals surface area contributed by atoms with Gasteiger partial charge in [0.15, 0.2) is 11.5 Å². The van der Waals surface area contributed by atoms with Crippen molar-refractivity contribution in [1.29, 1.82) is 0 Å². The van der Waals surface area contributed by atoms with Crippen LogP contribution < -0.4 is 14.2 Å². The molecule has 1 atom stereocenters. The van der Waals surface area contributed by atoms with Gasteiger partial charge in [0.05, 0.1) is 37.4 Å². The van der Waals surface area contributed by atoms with E-state index >= 15 is 0 Å². The molecule has 1 aromatic rings. The Morgan fingerprint density at radius 1 is 1.19 bits per heavy atom. The SMILES string of the molecule is COc1cc(C2=N[C@@H](C(C)C)CO2)c(Br)c(OC)c1OC. The molecule has 0 aliphatic carbocycles. The molecule has 1 aliphatic heterocycles. The van der Waals surface area contributed by atoms with Gasteiger partial charge < -0.3 is 18.9 Å². The van der Waals surface area contributed by atoms with Gasteiger partial charge >= 0.3 is 0 Å². The molecule has 0 saturated carbocycles. The Kier molecular flexibility index (Phi) is 4.98. The third-order valence-electron chi connectivity index (χ3n) is 3.44. The molecular formula is C15H20BrNO4. The third kappa shape index (κ3) is 2.95. The fourth-order valence-corrected chi connectivity index (χ4v) is 2.78. The van der Waals surface area contributed by atoms with Crippen LogP contribution in [0.5, 0.6) is 17.2 Å². The number of nitrogens with zero attached hydrogens (tertiary/aromatic N) is 1. The lowest BCUT2D eigenvalue weighted by molar-refractivity contribution is 0.291. The Morgan fingerprint density at radius 3 is 2.33 bits per heavy atom. The molecule has 0 N–H and O–H groups in total. The molecule has 0 spiro atoms. The summed E-state index contributed by atoms with van der Waals surface area (Å²) in [6.45, 7) is 4.85. The smallest absolute Gasteiger partial charge is 0.218 e. The zero-order chi connectivity index (χ0) is 15.6. The van der Waals surface area contributed by atoms with Crippen LogP contribution in [-0.2, 0) is 4.74 Å². The molecule has 116 valence electrons. The quantitative estimate of drug-likeness (QED) is 0.811. The fraction of sp³-hybridized carbons (Fsp3) is 0.533. The summed E-state index contributed by atoms with van der Waals surface area (Å²) in [6, 6.07) is 2.01. The monoisotopic (exact) mass is 357 g/mol. The molecule has 1 aliphatic rings. The number of rotatable bonds is 5. The van der Waals surface area contributed by atoms with Crippen LogP contribution in [0.3, 0.4) is 0 Å². The second-order valence-corrected chi connectivity index (χ2v) is 5.86. The number of benzene rings is 1. The van der Waals surface area contributed by atoms with E-state index in [0.717, 1.165) is 10.0 Å². The van der Waals surface area contributed by atoms with Crippen molar-refractivity contribution in [2.75, 3.05) is 27.9 Å². The number of hydrogen-bond acceptors (Lipinski definition) is 5. The summed E-state index contributed by atoms with van der Waals surface area (Å²) < 4.78 is 22.6. The first-order chi connectivity index (χ1) is 10.0. The Morgan fingerprint density at radius 2 is 1.86 bits per heavy atom. The molecule has 0 bridgehead atoms. The van der Waals surface area contributed by atoms with Crippen molar-refractivity contribution in [2.24, 2.45) is 10.9 Å². The maximum Gasteiger partial charge on any atom is 0.218 e. The average Bonchev–Trinajstić information content (AvgIpc) is 2.96. The van der Waals surface area contributed by atoms with Crippen LogP contribution in [0.2, 0.25) is 0 Å². The highest BCUT2D eigenvalue weighted by Crippen LogP contribution is 2.45. The molecule has 0 saturated heterocycles. The molecule has 0 radical (unpaired) electrons. The van der Waals surface area contributed by atoms with E-state index in [1.165, 1.54) is 0 Å². The van der Waals surface area contributed by atoms with Gasteiger partial charge in [-0.1, -0.05) is 13.8 Å². The summed E-state index contributed by atoms with van der Waals surface area (Å²) in [6.07, 6.45) is 0. The first kappa shape index (κ1) is 15.9. The van der Waals surface area contributed by atoms with Crippen LogP contribution in [0, 0.1) is 5.92 Å². The lowest BCUT2D eigenvalue weighted by Crippen LogP contribution is -2.13. The highest BCUT2D eigenvalue weighted by atomic mass is 79.9. The fourth-order valence-electron chi connectivity index (χ4n) is 2.16. The number of methoxy groups -OCH3 is 3. The minimum Gasteiger partial charge on any atom is -0.493 e. The molecule has 0 fully saturated rings. The molecular weight excluding hydrogens is 338 g/mol. The van der Waals surface area contributed by atoms with Gasteiger partial charge in [0.25, 0.3) is 0 Å². The normalized spacial score (nSPS) is 17.5. The van der Waals surface area contributed by atoms with Crippen LogP contribution >= 0.6 is 15.9 Å². The van der Waals surface area contributed by atoms with E-state index in [1.54, 1.807) is 21.3 Å². The van der Waals surface area contributed by atoms with Gasteiger partial charge in [-0.25, -0.2) is 4.99 Å². The van der Waals surface area contributed by atoms with Crippen molar-refractivity contribution in [3.63, 3.8) is 0 Å². The molecule has 1 aromatic carbocycles. The summed E-state index contributed by atoms with van der Waals surface area (Å²) in [5, 5.41) is 0. The zero-order valence-corrected chi connectivity index (χ0v) is 14.5. The largest absolute Gasteiger partial charge is 0.493 e. The first-order valence-corrected chi connectivity index (χ1v) is 7.52. The van der Waals surface area contributed by atoms with E-state index in [-0.39, 0.29) is 6.04 Å². The van der Waals surface area contributed by atoms with Gasteiger partial charge in [0, 0.05) is 0 Å². The Hall–Kier alpha value is -1.43. The number of hydrogen-bond donors (Lipinski definition) is 0. The molecule has 0 amide bonds. The maximum atomic E-state index is 5.73. The molecule has 1 heterocycles. The lowest BCUT2D eigenvalue weighted by Gasteiger charge is -2.16. The Bertz CT molecular complexity index is 557. The second kappa shape index (κ2) is 6.56. The second-order valence-electron chi connectivity index (χ2n) is 5.06. The Balaban J connectivity index is 2.52. The topological polar surface area (TPSA) is 49.3 Å². The molecule has 2 rings (SSSR count). The van der Waals surface area contributed by atoms with Crippen LogP contribution in [0.4, 0.5) is 0 Å². The van der Waals surface area contributed by atoms with Gasteiger partial charge in [-0.3, -0.25) is 0 Å². The van der Waals surface area contributed by atoms with Gasteiger partial charge in [0.1, 0.15) is 6.61 Å². The summed E-state index contributed by atoms with van der Waals surface area (Å²) in [4.78, 5) is 4.64. The minimum atomic E-state index is 0.172. The first-order valence-electron chi connectivity index (χ1n) is 6.72. The molecule has 0 aromatic heterocycles. The predicted molar refractivity (Wildman–Crippen MR) is 84.9 cm³/mol. The summed E-state index contributed by atoms with van der Waals surface area (Å²) in [5.74, 6) is 2.70. The van der Waals surface area contributed by atoms with Crippen molar-refractivity contribution in [1.82, 2.24) is 0 Å². The predicted octanol–water partition coefficient (Wildman–Crippen LogP) is 3.28. The van der Waals surface area contributed by atoms with Crippen LogP contribution in [-0.4, -0.2) is 39.9 Å². The highest BCUT2D eigenvalue weighted by molar-refractivity contribution is 9.10. The van der Waals surface area contributed by atoms with Crippen LogP contribution in [0.1, 0.15) is 19.4 Å². The summed E-state index contributed by atoms with van der Waals surface area (Å²) >= 11 is 3.54. The summed E-state index contributed by atoms with van der Waals surface area (Å²) in [5.41, 5.74) is 0.799. The van der Waals surface area contributed by atoms with E-state index in [4.69, 9.17) is 18.9 Å². The molecule has 6 heteroatoms. The third-order valence-corrected chi connectivity index (χ3v) is 4.23. The minimum absolute atomic E-state index is 0.172. The summed E-state index contributed by atoms with van der Waals surface area (Å²) in [7, 11) is 4.74. The number of ether oxygens (including phenoxy) is 4. The van der Waals surface area contributed by atoms with E-state index in [1.807, 2.05) is 6.07 Å². The molecule has 5 nitrogen and oxygen atoms in total. The average molecular weight is 358 g/mol. The molecule has 0 unspecified atom stereocenters. The van der Waals surface area contributed by atoms with E-state index in [2.05, 4.69) is 34.8 Å². The van der Waals surface area contributed by atoms with Gasteiger partial charge in [-0.05, 0) is 27.9 Å². The maximum absolute atomic E-state index is 5.73. The van der Waals surface area contributed by atoms with Crippen molar-refractivity contribution in [3.05, 3.63) is 16.1 Å². The number of halogens is 1. The van der Waals surface area contributed by atoms with Crippen LogP contribution in [0.25, 0.3) is 0 Å². The van der Waals surface area contributed by atoms with Gasteiger partial charge in [0.2, 0.25) is 11.6 Å². The van der Waals surface area contributed by atoms with E-state index < -0.39 is 0 Å². The van der Waals surface area contributed by atoms with Crippen molar-refractivity contribution in [3.8, 4) is 17.2 Å². The van der Waals surface area contributed by atoms with Crippen molar-refractivity contribution in [2.45, 2.75) is 19.9 Å². The van der Waals surface area contributed by atoms with Gasteiger partial charge in [-0.2, -0.15) is 0 Å². The lowest BCUT2D eigenvalue weighted by atomic mass is 10.1. The van der Waals surface area contributed by atoms with Crippen molar-refractivity contribution < 1.29 is 18.9 Å². The van der Waals surface area contributed by atoms with Crippen molar-refractivity contribution >= 4 is 21.8 Å². The highest BCUT2D eigenvalue weighted by Gasteiger charge is 2.28.